The number of hydrogen-bond acceptors (Lipinski definition) is 3. The molecule has 0 radical (unpaired) electrons. The van der Waals surface area contributed by atoms with Gasteiger partial charge in [0.2, 0.25) is 5.91 Å². The molecule has 0 aromatic heterocycles. The number of hydrogen-bond donors (Lipinski definition) is 2. The third-order valence-electron chi connectivity index (χ3n) is 4.47. The summed E-state index contributed by atoms with van der Waals surface area (Å²) in [5.41, 5.74) is 0. The van der Waals surface area contributed by atoms with Gasteiger partial charge in [-0.1, -0.05) is 6.92 Å². The van der Waals surface area contributed by atoms with Crippen LogP contribution in [0.4, 0.5) is 0 Å². The summed E-state index contributed by atoms with van der Waals surface area (Å²) in [5, 5.41) is 6.80. The van der Waals surface area contributed by atoms with Gasteiger partial charge in [-0.2, -0.15) is 0 Å². The van der Waals surface area contributed by atoms with E-state index in [4.69, 9.17) is 4.74 Å². The second-order valence-corrected chi connectivity index (χ2v) is 5.98. The third kappa shape index (κ3) is 4.18. The fourth-order valence-corrected chi connectivity index (χ4v) is 3.17. The maximum atomic E-state index is 12.2. The predicted octanol–water partition coefficient (Wildman–Crippen LogP) is 1.84. The molecule has 19 heavy (non-hydrogen) atoms. The van der Waals surface area contributed by atoms with Gasteiger partial charge in [0.05, 0.1) is 12.0 Å². The minimum atomic E-state index is 0.0657. The summed E-state index contributed by atoms with van der Waals surface area (Å²) in [6.45, 7) is 6.04. The first-order valence-electron chi connectivity index (χ1n) is 7.86. The van der Waals surface area contributed by atoms with Crippen molar-refractivity contribution in [1.82, 2.24) is 10.6 Å². The van der Waals surface area contributed by atoms with Gasteiger partial charge in [-0.15, -0.1) is 0 Å². The van der Waals surface area contributed by atoms with Crippen LogP contribution in [-0.4, -0.2) is 37.2 Å². The number of nitrogens with one attached hydrogen (secondary N) is 2. The van der Waals surface area contributed by atoms with Crippen molar-refractivity contribution in [2.45, 2.75) is 70.6 Å². The van der Waals surface area contributed by atoms with Crippen molar-refractivity contribution in [2.24, 2.45) is 5.92 Å². The molecule has 2 aliphatic rings. The van der Waals surface area contributed by atoms with Crippen LogP contribution in [0.2, 0.25) is 0 Å². The molecule has 1 aliphatic heterocycles. The Morgan fingerprint density at radius 3 is 2.42 bits per heavy atom. The zero-order valence-corrected chi connectivity index (χ0v) is 12.3. The summed E-state index contributed by atoms with van der Waals surface area (Å²) in [4.78, 5) is 12.2. The molecule has 1 amide bonds. The van der Waals surface area contributed by atoms with Gasteiger partial charge in [0.25, 0.3) is 0 Å². The number of amides is 1. The summed E-state index contributed by atoms with van der Waals surface area (Å²) in [6, 6.07) is 1.03. The van der Waals surface area contributed by atoms with Gasteiger partial charge in [-0.05, 0) is 52.0 Å². The average Bonchev–Trinajstić information content (AvgIpc) is 2.84. The molecule has 1 saturated carbocycles. The van der Waals surface area contributed by atoms with Crippen molar-refractivity contribution >= 4 is 5.91 Å². The standard InChI is InChI=1S/C15H28N2O2/c1-3-9-16-12-4-6-13(7-5-12)17-15(18)14-8-10-19-11(14)2/h11-14,16H,3-10H2,1-2H3,(H,17,18). The van der Waals surface area contributed by atoms with E-state index in [1.807, 2.05) is 6.92 Å². The summed E-state index contributed by atoms with van der Waals surface area (Å²) < 4.78 is 5.47. The molecule has 0 aromatic carbocycles. The molecule has 4 nitrogen and oxygen atoms in total. The van der Waals surface area contributed by atoms with E-state index in [0.717, 1.165) is 32.4 Å². The maximum Gasteiger partial charge on any atom is 0.226 e. The van der Waals surface area contributed by atoms with E-state index < -0.39 is 0 Å². The minimum Gasteiger partial charge on any atom is -0.378 e. The predicted molar refractivity (Wildman–Crippen MR) is 76.0 cm³/mol. The Kier molecular flexibility index (Phi) is 5.64. The van der Waals surface area contributed by atoms with E-state index in [2.05, 4.69) is 17.6 Å². The minimum absolute atomic E-state index is 0.0657. The van der Waals surface area contributed by atoms with Crippen molar-refractivity contribution in [1.29, 1.82) is 0 Å². The number of carbonyl (C=O) groups excluding carboxylic acids is 1. The zero-order chi connectivity index (χ0) is 13.7. The monoisotopic (exact) mass is 268 g/mol. The molecule has 1 saturated heterocycles. The summed E-state index contributed by atoms with van der Waals surface area (Å²) in [6.07, 6.45) is 6.73. The van der Waals surface area contributed by atoms with E-state index >= 15 is 0 Å². The van der Waals surface area contributed by atoms with Crippen molar-refractivity contribution in [3.05, 3.63) is 0 Å². The zero-order valence-electron chi connectivity index (χ0n) is 12.3. The Hall–Kier alpha value is -0.610. The first-order valence-corrected chi connectivity index (χ1v) is 7.86. The lowest BCUT2D eigenvalue weighted by Crippen LogP contribution is -2.45. The average molecular weight is 268 g/mol. The van der Waals surface area contributed by atoms with Crippen LogP contribution < -0.4 is 10.6 Å². The van der Waals surface area contributed by atoms with Crippen LogP contribution in [-0.2, 0) is 9.53 Å². The van der Waals surface area contributed by atoms with Crippen LogP contribution in [0.5, 0.6) is 0 Å². The highest BCUT2D eigenvalue weighted by atomic mass is 16.5. The Morgan fingerprint density at radius 2 is 1.84 bits per heavy atom. The smallest absolute Gasteiger partial charge is 0.226 e. The molecule has 2 rings (SSSR count). The highest BCUT2D eigenvalue weighted by molar-refractivity contribution is 5.79. The normalized spacial score (nSPS) is 35.3. The Morgan fingerprint density at radius 1 is 1.16 bits per heavy atom. The van der Waals surface area contributed by atoms with Gasteiger partial charge < -0.3 is 15.4 Å². The molecule has 0 bridgehead atoms. The van der Waals surface area contributed by atoms with E-state index in [9.17, 15) is 4.79 Å². The van der Waals surface area contributed by atoms with Crippen molar-refractivity contribution in [3.63, 3.8) is 0 Å². The molecule has 2 atom stereocenters. The van der Waals surface area contributed by atoms with Gasteiger partial charge in [0.15, 0.2) is 0 Å². The van der Waals surface area contributed by atoms with Crippen molar-refractivity contribution < 1.29 is 9.53 Å². The van der Waals surface area contributed by atoms with E-state index in [-0.39, 0.29) is 17.9 Å². The van der Waals surface area contributed by atoms with E-state index in [1.54, 1.807) is 0 Å². The van der Waals surface area contributed by atoms with Crippen molar-refractivity contribution in [3.8, 4) is 0 Å². The molecule has 110 valence electrons. The lowest BCUT2D eigenvalue weighted by atomic mass is 9.90. The van der Waals surface area contributed by atoms with E-state index in [1.165, 1.54) is 19.3 Å². The van der Waals surface area contributed by atoms with Crippen LogP contribution in [0.25, 0.3) is 0 Å². The lowest BCUT2D eigenvalue weighted by Gasteiger charge is -2.30. The topological polar surface area (TPSA) is 50.4 Å². The van der Waals surface area contributed by atoms with Gasteiger partial charge in [-0.3, -0.25) is 4.79 Å². The fraction of sp³-hybridized carbons (Fsp3) is 0.933. The molecule has 0 aromatic rings. The Balaban J connectivity index is 1.69. The van der Waals surface area contributed by atoms with Gasteiger partial charge in [-0.25, -0.2) is 0 Å². The first-order chi connectivity index (χ1) is 9.20. The molecule has 1 heterocycles. The van der Waals surface area contributed by atoms with Crippen LogP contribution in [0.1, 0.15) is 52.4 Å². The van der Waals surface area contributed by atoms with Gasteiger partial charge >= 0.3 is 0 Å². The molecule has 4 heteroatoms. The van der Waals surface area contributed by atoms with Gasteiger partial charge in [0, 0.05) is 18.7 Å². The number of rotatable bonds is 5. The molecule has 0 spiro atoms. The first kappa shape index (κ1) is 14.8. The molecular weight excluding hydrogens is 240 g/mol. The lowest BCUT2D eigenvalue weighted by molar-refractivity contribution is -0.127. The fourth-order valence-electron chi connectivity index (χ4n) is 3.17. The molecular formula is C15H28N2O2. The molecule has 1 aliphatic carbocycles. The summed E-state index contributed by atoms with van der Waals surface area (Å²) in [5.74, 6) is 0.269. The third-order valence-corrected chi connectivity index (χ3v) is 4.47. The summed E-state index contributed by atoms with van der Waals surface area (Å²) in [7, 11) is 0. The SMILES string of the molecule is CCCNC1CCC(NC(=O)C2CCOC2C)CC1. The van der Waals surface area contributed by atoms with Gasteiger partial charge in [0.1, 0.15) is 0 Å². The Labute approximate surface area is 116 Å². The highest BCUT2D eigenvalue weighted by Gasteiger charge is 2.32. The van der Waals surface area contributed by atoms with Crippen molar-refractivity contribution in [2.75, 3.05) is 13.2 Å². The highest BCUT2D eigenvalue weighted by Crippen LogP contribution is 2.23. The maximum absolute atomic E-state index is 12.2. The largest absolute Gasteiger partial charge is 0.378 e. The summed E-state index contributed by atoms with van der Waals surface area (Å²) >= 11 is 0. The van der Waals surface area contributed by atoms with Crippen LogP contribution >= 0.6 is 0 Å². The van der Waals surface area contributed by atoms with Crippen LogP contribution in [0.15, 0.2) is 0 Å². The van der Waals surface area contributed by atoms with Crippen LogP contribution in [0.3, 0.4) is 0 Å². The molecule has 2 fully saturated rings. The molecule has 2 N–H and O–H groups in total. The van der Waals surface area contributed by atoms with E-state index in [0.29, 0.717) is 12.1 Å². The second-order valence-electron chi connectivity index (χ2n) is 5.98. The number of carbonyl (C=O) groups is 1. The molecule has 2 unspecified atom stereocenters. The quantitative estimate of drug-likeness (QED) is 0.800. The van der Waals surface area contributed by atoms with Crippen LogP contribution in [0, 0.1) is 5.92 Å². The second kappa shape index (κ2) is 7.25. The number of ether oxygens (including phenoxy) is 1. The Bertz CT molecular complexity index is 288.